The number of aliphatic imine (C=N–C) groups is 1. The normalized spacial score (nSPS) is 17.0. The van der Waals surface area contributed by atoms with Crippen LogP contribution in [0.1, 0.15) is 32.6 Å². The Kier molecular flexibility index (Phi) is 3.60. The molecule has 0 N–H and O–H groups in total. The van der Waals surface area contributed by atoms with Crippen LogP contribution in [0.4, 0.5) is 5.69 Å². The van der Waals surface area contributed by atoms with Gasteiger partial charge in [0.2, 0.25) is 0 Å². The molecule has 1 saturated carbocycles. The molecule has 1 aromatic carbocycles. The second kappa shape index (κ2) is 5.15. The van der Waals surface area contributed by atoms with E-state index in [1.54, 1.807) is 7.11 Å². The number of hydrogen-bond acceptors (Lipinski definition) is 2. The van der Waals surface area contributed by atoms with Crippen LogP contribution in [0.5, 0.6) is 5.75 Å². The highest BCUT2D eigenvalue weighted by molar-refractivity contribution is 5.89. The van der Waals surface area contributed by atoms with E-state index in [0.717, 1.165) is 23.8 Å². The Hall–Kier alpha value is -1.31. The summed E-state index contributed by atoms with van der Waals surface area (Å²) in [5.41, 5.74) is 2.40. The van der Waals surface area contributed by atoms with Gasteiger partial charge in [-0.2, -0.15) is 0 Å². The first-order valence-corrected chi connectivity index (χ1v) is 6.05. The van der Waals surface area contributed by atoms with Gasteiger partial charge in [-0.15, -0.1) is 0 Å². The number of rotatable bonds is 4. The molecule has 0 aliphatic heterocycles. The Morgan fingerprint density at radius 1 is 1.31 bits per heavy atom. The molecule has 0 saturated heterocycles. The highest BCUT2D eigenvalue weighted by atomic mass is 16.5. The van der Waals surface area contributed by atoms with Crippen LogP contribution < -0.4 is 4.74 Å². The first kappa shape index (κ1) is 11.2. The summed E-state index contributed by atoms with van der Waals surface area (Å²) in [6.07, 6.45) is 5.08. The van der Waals surface area contributed by atoms with Crippen molar-refractivity contribution >= 4 is 11.4 Å². The molecule has 86 valence electrons. The summed E-state index contributed by atoms with van der Waals surface area (Å²) in [5.74, 6) is 1.63. The van der Waals surface area contributed by atoms with E-state index in [1.165, 1.54) is 25.0 Å². The van der Waals surface area contributed by atoms with Crippen molar-refractivity contribution < 1.29 is 4.74 Å². The summed E-state index contributed by atoms with van der Waals surface area (Å²) in [5, 5.41) is 0. The van der Waals surface area contributed by atoms with Gasteiger partial charge in [0.05, 0.1) is 12.8 Å². The maximum absolute atomic E-state index is 5.13. The maximum Gasteiger partial charge on any atom is 0.119 e. The molecule has 1 aromatic rings. The standard InChI is InChI=1S/C14H19NO/c1-3-14(11-5-4-6-11)15-12-7-9-13(16-2)10-8-12/h7-11H,3-6H2,1-2H3. The van der Waals surface area contributed by atoms with Gasteiger partial charge in [0, 0.05) is 5.71 Å². The second-order valence-corrected chi connectivity index (χ2v) is 4.28. The van der Waals surface area contributed by atoms with E-state index >= 15 is 0 Å². The fraction of sp³-hybridized carbons (Fsp3) is 0.500. The van der Waals surface area contributed by atoms with E-state index in [1.807, 2.05) is 24.3 Å². The summed E-state index contributed by atoms with van der Waals surface area (Å²) >= 11 is 0. The number of hydrogen-bond donors (Lipinski definition) is 0. The molecule has 0 spiro atoms. The minimum atomic E-state index is 0.743. The zero-order valence-corrected chi connectivity index (χ0v) is 10.1. The zero-order valence-electron chi connectivity index (χ0n) is 10.1. The third-order valence-corrected chi connectivity index (χ3v) is 3.28. The molecule has 2 rings (SSSR count). The molecule has 0 radical (unpaired) electrons. The Morgan fingerprint density at radius 2 is 2.00 bits per heavy atom. The van der Waals surface area contributed by atoms with Gasteiger partial charge in [-0.05, 0) is 49.4 Å². The Bertz CT molecular complexity index is 363. The predicted octanol–water partition coefficient (Wildman–Crippen LogP) is 3.98. The second-order valence-electron chi connectivity index (χ2n) is 4.28. The van der Waals surface area contributed by atoms with Crippen LogP contribution in [-0.4, -0.2) is 12.8 Å². The maximum atomic E-state index is 5.13. The Labute approximate surface area is 97.4 Å². The van der Waals surface area contributed by atoms with E-state index < -0.39 is 0 Å². The van der Waals surface area contributed by atoms with Crippen molar-refractivity contribution in [1.82, 2.24) is 0 Å². The highest BCUT2D eigenvalue weighted by Gasteiger charge is 2.21. The molecule has 0 unspecified atom stereocenters. The van der Waals surface area contributed by atoms with Crippen molar-refractivity contribution in [3.63, 3.8) is 0 Å². The van der Waals surface area contributed by atoms with E-state index in [9.17, 15) is 0 Å². The van der Waals surface area contributed by atoms with Gasteiger partial charge in [0.1, 0.15) is 5.75 Å². The minimum Gasteiger partial charge on any atom is -0.497 e. The van der Waals surface area contributed by atoms with E-state index in [-0.39, 0.29) is 0 Å². The lowest BCUT2D eigenvalue weighted by Gasteiger charge is -2.26. The number of benzene rings is 1. The molecular formula is C14H19NO. The fourth-order valence-electron chi connectivity index (χ4n) is 2.02. The van der Waals surface area contributed by atoms with Crippen molar-refractivity contribution in [2.75, 3.05) is 7.11 Å². The first-order valence-electron chi connectivity index (χ1n) is 6.05. The van der Waals surface area contributed by atoms with E-state index in [0.29, 0.717) is 0 Å². The minimum absolute atomic E-state index is 0.743. The van der Waals surface area contributed by atoms with Crippen molar-refractivity contribution in [3.8, 4) is 5.75 Å². The average Bonchev–Trinajstić information content (AvgIpc) is 2.26. The number of nitrogens with zero attached hydrogens (tertiary/aromatic N) is 1. The monoisotopic (exact) mass is 217 g/mol. The molecule has 0 heterocycles. The van der Waals surface area contributed by atoms with Crippen LogP contribution >= 0.6 is 0 Å². The number of ether oxygens (including phenoxy) is 1. The molecular weight excluding hydrogens is 198 g/mol. The molecule has 0 amide bonds. The van der Waals surface area contributed by atoms with Crippen molar-refractivity contribution in [1.29, 1.82) is 0 Å². The quantitative estimate of drug-likeness (QED) is 0.699. The Morgan fingerprint density at radius 3 is 2.44 bits per heavy atom. The van der Waals surface area contributed by atoms with Crippen molar-refractivity contribution in [3.05, 3.63) is 24.3 Å². The van der Waals surface area contributed by atoms with E-state index in [4.69, 9.17) is 9.73 Å². The van der Waals surface area contributed by atoms with Crippen molar-refractivity contribution in [2.45, 2.75) is 32.6 Å². The van der Waals surface area contributed by atoms with Gasteiger partial charge in [0.25, 0.3) is 0 Å². The molecule has 0 atom stereocenters. The molecule has 0 bridgehead atoms. The van der Waals surface area contributed by atoms with Crippen LogP contribution in [0.15, 0.2) is 29.3 Å². The summed E-state index contributed by atoms with van der Waals surface area (Å²) < 4.78 is 5.13. The summed E-state index contributed by atoms with van der Waals surface area (Å²) in [6.45, 7) is 2.20. The SMILES string of the molecule is CCC(=Nc1ccc(OC)cc1)C1CCC1. The zero-order chi connectivity index (χ0) is 11.4. The number of methoxy groups -OCH3 is 1. The highest BCUT2D eigenvalue weighted by Crippen LogP contribution is 2.30. The fourth-order valence-corrected chi connectivity index (χ4v) is 2.02. The predicted molar refractivity (Wildman–Crippen MR) is 67.7 cm³/mol. The topological polar surface area (TPSA) is 21.6 Å². The average molecular weight is 217 g/mol. The van der Waals surface area contributed by atoms with Gasteiger partial charge in [0.15, 0.2) is 0 Å². The first-order chi connectivity index (χ1) is 7.83. The lowest BCUT2D eigenvalue weighted by molar-refractivity contribution is 0.409. The Balaban J connectivity index is 2.12. The smallest absolute Gasteiger partial charge is 0.119 e. The van der Waals surface area contributed by atoms with Crippen LogP contribution in [0.25, 0.3) is 0 Å². The molecule has 1 aliphatic carbocycles. The molecule has 1 fully saturated rings. The van der Waals surface area contributed by atoms with Gasteiger partial charge >= 0.3 is 0 Å². The van der Waals surface area contributed by atoms with Crippen LogP contribution in [0, 0.1) is 5.92 Å². The third-order valence-electron chi connectivity index (χ3n) is 3.28. The molecule has 2 heteroatoms. The van der Waals surface area contributed by atoms with Gasteiger partial charge in [-0.25, -0.2) is 0 Å². The van der Waals surface area contributed by atoms with Gasteiger partial charge < -0.3 is 4.74 Å². The molecule has 2 nitrogen and oxygen atoms in total. The van der Waals surface area contributed by atoms with Gasteiger partial charge in [-0.3, -0.25) is 4.99 Å². The summed E-state index contributed by atoms with van der Waals surface area (Å²) in [7, 11) is 1.68. The largest absolute Gasteiger partial charge is 0.497 e. The van der Waals surface area contributed by atoms with Crippen LogP contribution in [0.2, 0.25) is 0 Å². The summed E-state index contributed by atoms with van der Waals surface area (Å²) in [4.78, 5) is 4.74. The van der Waals surface area contributed by atoms with Crippen LogP contribution in [0.3, 0.4) is 0 Å². The van der Waals surface area contributed by atoms with Crippen molar-refractivity contribution in [2.24, 2.45) is 10.9 Å². The van der Waals surface area contributed by atoms with E-state index in [2.05, 4.69) is 6.92 Å². The van der Waals surface area contributed by atoms with Gasteiger partial charge in [-0.1, -0.05) is 13.3 Å². The molecule has 0 aromatic heterocycles. The lowest BCUT2D eigenvalue weighted by atomic mass is 9.81. The molecule has 1 aliphatic rings. The lowest BCUT2D eigenvalue weighted by Crippen LogP contribution is -2.21. The van der Waals surface area contributed by atoms with Crippen LogP contribution in [-0.2, 0) is 0 Å². The molecule has 16 heavy (non-hydrogen) atoms. The third kappa shape index (κ3) is 2.43. The summed E-state index contributed by atoms with van der Waals surface area (Å²) in [6, 6.07) is 7.97.